The molecule has 0 aliphatic carbocycles. The van der Waals surface area contributed by atoms with Gasteiger partial charge in [-0.2, -0.15) is 0 Å². The Morgan fingerprint density at radius 2 is 2.29 bits per heavy atom. The maximum Gasteiger partial charge on any atom is 0.491 e. The minimum Gasteiger partial charge on any atom is -0.423 e. The van der Waals surface area contributed by atoms with Gasteiger partial charge in [-0.1, -0.05) is 6.07 Å². The third-order valence-corrected chi connectivity index (χ3v) is 2.80. The lowest BCUT2D eigenvalue weighted by Gasteiger charge is -2.14. The van der Waals surface area contributed by atoms with Crippen LogP contribution in [0.2, 0.25) is 0 Å². The summed E-state index contributed by atoms with van der Waals surface area (Å²) in [6, 6.07) is 3.41. The van der Waals surface area contributed by atoms with Crippen molar-refractivity contribution in [3.05, 3.63) is 24.0 Å². The highest BCUT2D eigenvalue weighted by Gasteiger charge is 2.35. The minimum absolute atomic E-state index is 0.104. The Bertz CT molecular complexity index is 570. The van der Waals surface area contributed by atoms with Gasteiger partial charge in [0.2, 0.25) is 0 Å². The van der Waals surface area contributed by atoms with E-state index in [0.29, 0.717) is 0 Å². The molecule has 0 radical (unpaired) electrons. The Morgan fingerprint density at radius 3 is 2.86 bits per heavy atom. The standard InChI is InChI=1S/C11H12BFN2O6/c1-14-10(16)20-9-5-15(11(17)21-9)6-2-3-7(12(18)19)8(13)4-6/h2-4,9,18-19H,5H2,1H3,(H,14,16). The largest absolute Gasteiger partial charge is 0.491 e. The molecule has 0 saturated carbocycles. The maximum atomic E-state index is 13.6. The van der Waals surface area contributed by atoms with Gasteiger partial charge < -0.3 is 24.8 Å². The summed E-state index contributed by atoms with van der Waals surface area (Å²) in [4.78, 5) is 23.7. The van der Waals surface area contributed by atoms with Gasteiger partial charge in [-0.3, -0.25) is 4.90 Å². The molecule has 1 aromatic carbocycles. The van der Waals surface area contributed by atoms with E-state index in [1.807, 2.05) is 0 Å². The second-order valence-corrected chi connectivity index (χ2v) is 4.16. The summed E-state index contributed by atoms with van der Waals surface area (Å²) in [6.45, 7) is -0.104. The van der Waals surface area contributed by atoms with Gasteiger partial charge in [-0.05, 0) is 12.1 Å². The molecular formula is C11H12BFN2O6. The summed E-state index contributed by atoms with van der Waals surface area (Å²) < 4.78 is 23.2. The highest BCUT2D eigenvalue weighted by atomic mass is 19.1. The molecule has 2 amide bonds. The Kier molecular flexibility index (Phi) is 4.29. The van der Waals surface area contributed by atoms with Crippen LogP contribution in [-0.4, -0.2) is 49.2 Å². The number of ether oxygens (including phenoxy) is 2. The Hall–Kier alpha value is -2.33. The fourth-order valence-corrected chi connectivity index (χ4v) is 1.78. The number of hydrogen-bond acceptors (Lipinski definition) is 6. The summed E-state index contributed by atoms with van der Waals surface area (Å²) >= 11 is 0. The smallest absolute Gasteiger partial charge is 0.423 e. The number of benzene rings is 1. The molecule has 21 heavy (non-hydrogen) atoms. The molecule has 2 rings (SSSR count). The number of anilines is 1. The highest BCUT2D eigenvalue weighted by Crippen LogP contribution is 2.22. The fraction of sp³-hybridized carbons (Fsp3) is 0.273. The first-order chi connectivity index (χ1) is 9.92. The number of halogens is 1. The number of nitrogens with one attached hydrogen (secondary N) is 1. The normalized spacial score (nSPS) is 17.4. The summed E-state index contributed by atoms with van der Waals surface area (Å²) in [5.41, 5.74) is -0.172. The van der Waals surface area contributed by atoms with Gasteiger partial charge in [-0.25, -0.2) is 14.0 Å². The van der Waals surface area contributed by atoms with Gasteiger partial charge in [0.15, 0.2) is 0 Å². The first-order valence-electron chi connectivity index (χ1n) is 5.94. The summed E-state index contributed by atoms with van der Waals surface area (Å²) in [7, 11) is -0.598. The zero-order valence-electron chi connectivity index (χ0n) is 10.9. The van der Waals surface area contributed by atoms with E-state index < -0.39 is 31.4 Å². The van der Waals surface area contributed by atoms with Crippen LogP contribution in [0.5, 0.6) is 0 Å². The molecule has 1 fully saturated rings. The Labute approximate surface area is 119 Å². The predicted molar refractivity (Wildman–Crippen MR) is 69.4 cm³/mol. The third-order valence-electron chi connectivity index (χ3n) is 2.80. The van der Waals surface area contributed by atoms with Crippen LogP contribution in [0, 0.1) is 5.82 Å². The maximum absolute atomic E-state index is 13.6. The van der Waals surface area contributed by atoms with E-state index >= 15 is 0 Å². The molecular weight excluding hydrogens is 286 g/mol. The first kappa shape index (κ1) is 15.1. The van der Waals surface area contributed by atoms with E-state index in [9.17, 15) is 14.0 Å². The molecule has 1 aromatic rings. The Morgan fingerprint density at radius 1 is 1.57 bits per heavy atom. The van der Waals surface area contributed by atoms with Crippen LogP contribution in [0.1, 0.15) is 0 Å². The fourth-order valence-electron chi connectivity index (χ4n) is 1.78. The highest BCUT2D eigenvalue weighted by molar-refractivity contribution is 6.58. The molecule has 0 aromatic heterocycles. The molecule has 1 heterocycles. The van der Waals surface area contributed by atoms with Crippen molar-refractivity contribution < 1.29 is 33.5 Å². The molecule has 1 atom stereocenters. The van der Waals surface area contributed by atoms with Crippen LogP contribution < -0.4 is 15.7 Å². The van der Waals surface area contributed by atoms with Gasteiger partial charge >= 0.3 is 19.3 Å². The summed E-state index contributed by atoms with van der Waals surface area (Å²) in [5, 5.41) is 20.1. The van der Waals surface area contributed by atoms with Crippen LogP contribution in [0.25, 0.3) is 0 Å². The second kappa shape index (κ2) is 5.98. The van der Waals surface area contributed by atoms with E-state index in [1.165, 1.54) is 13.1 Å². The first-order valence-corrected chi connectivity index (χ1v) is 5.94. The van der Waals surface area contributed by atoms with E-state index in [2.05, 4.69) is 5.32 Å². The second-order valence-electron chi connectivity index (χ2n) is 4.16. The van der Waals surface area contributed by atoms with Crippen molar-refractivity contribution in [2.75, 3.05) is 18.5 Å². The average molecular weight is 298 g/mol. The topological polar surface area (TPSA) is 108 Å². The number of nitrogens with zero attached hydrogens (tertiary/aromatic N) is 1. The number of rotatable bonds is 3. The van der Waals surface area contributed by atoms with E-state index in [1.54, 1.807) is 0 Å². The monoisotopic (exact) mass is 298 g/mol. The van der Waals surface area contributed by atoms with Gasteiger partial charge in [0.25, 0.3) is 6.29 Å². The van der Waals surface area contributed by atoms with Crippen molar-refractivity contribution >= 4 is 30.5 Å². The van der Waals surface area contributed by atoms with Crippen molar-refractivity contribution in [2.24, 2.45) is 0 Å². The molecule has 112 valence electrons. The van der Waals surface area contributed by atoms with Crippen LogP contribution in [0.3, 0.4) is 0 Å². The van der Waals surface area contributed by atoms with Gasteiger partial charge in [0, 0.05) is 12.5 Å². The van der Waals surface area contributed by atoms with Gasteiger partial charge in [-0.15, -0.1) is 0 Å². The van der Waals surface area contributed by atoms with E-state index in [-0.39, 0.29) is 17.7 Å². The van der Waals surface area contributed by atoms with Crippen LogP contribution >= 0.6 is 0 Å². The molecule has 3 N–H and O–H groups in total. The number of carbonyl (C=O) groups excluding carboxylic acids is 2. The molecule has 1 unspecified atom stereocenters. The van der Waals surface area contributed by atoms with Crippen molar-refractivity contribution in [3.8, 4) is 0 Å². The molecule has 0 spiro atoms. The zero-order valence-corrected chi connectivity index (χ0v) is 10.9. The SMILES string of the molecule is CNC(=O)OC1CN(c2ccc(B(O)O)c(F)c2)C(=O)O1. The lowest BCUT2D eigenvalue weighted by molar-refractivity contribution is -0.0285. The van der Waals surface area contributed by atoms with Crippen molar-refractivity contribution in [2.45, 2.75) is 6.29 Å². The van der Waals surface area contributed by atoms with Gasteiger partial charge in [0.1, 0.15) is 12.4 Å². The number of alkyl carbamates (subject to hydrolysis) is 1. The molecule has 1 aliphatic heterocycles. The van der Waals surface area contributed by atoms with Crippen molar-refractivity contribution in [3.63, 3.8) is 0 Å². The quantitative estimate of drug-likeness (QED) is 0.627. The minimum atomic E-state index is -1.95. The molecule has 10 heteroatoms. The lowest BCUT2D eigenvalue weighted by atomic mass is 9.80. The number of carbonyl (C=O) groups is 2. The summed E-state index contributed by atoms with van der Waals surface area (Å²) in [6.07, 6.45) is -2.68. The van der Waals surface area contributed by atoms with Crippen LogP contribution in [-0.2, 0) is 9.47 Å². The lowest BCUT2D eigenvalue weighted by Crippen LogP contribution is -2.34. The Balaban J connectivity index is 2.13. The summed E-state index contributed by atoms with van der Waals surface area (Å²) in [5.74, 6) is -0.883. The van der Waals surface area contributed by atoms with Crippen LogP contribution in [0.15, 0.2) is 18.2 Å². The van der Waals surface area contributed by atoms with E-state index in [4.69, 9.17) is 19.5 Å². The number of cyclic esters (lactones) is 1. The molecule has 0 bridgehead atoms. The zero-order chi connectivity index (χ0) is 15.6. The predicted octanol–water partition coefficient (Wildman–Crippen LogP) is -0.856. The third kappa shape index (κ3) is 3.23. The molecule has 1 saturated heterocycles. The van der Waals surface area contributed by atoms with E-state index in [0.717, 1.165) is 17.0 Å². The van der Waals surface area contributed by atoms with Gasteiger partial charge in [0.05, 0.1) is 5.69 Å². The molecule has 1 aliphatic rings. The van der Waals surface area contributed by atoms with Crippen LogP contribution in [0.4, 0.5) is 19.7 Å². The average Bonchev–Trinajstić information content (AvgIpc) is 2.78. The number of amides is 2. The van der Waals surface area contributed by atoms with Crippen molar-refractivity contribution in [1.29, 1.82) is 0 Å². The van der Waals surface area contributed by atoms with Crippen molar-refractivity contribution in [1.82, 2.24) is 5.32 Å². The molecule has 8 nitrogen and oxygen atoms in total. The number of hydrogen-bond donors (Lipinski definition) is 3.